The molecule has 3 N–H and O–H groups in total. The van der Waals surface area contributed by atoms with Crippen LogP contribution in [-0.2, 0) is 17.9 Å². The third-order valence-electron chi connectivity index (χ3n) is 6.16. The predicted octanol–water partition coefficient (Wildman–Crippen LogP) is 1.46. The van der Waals surface area contributed by atoms with Crippen molar-refractivity contribution in [2.24, 2.45) is 11.8 Å². The number of rotatable bonds is 6. The van der Waals surface area contributed by atoms with Gasteiger partial charge in [-0.15, -0.1) is 0 Å². The second kappa shape index (κ2) is 8.45. The Labute approximate surface area is 175 Å². The number of allylic oxidation sites excluding steroid dienone is 1. The maximum Gasteiger partial charge on any atom is 0.258 e. The fraction of sp³-hybridized carbons (Fsp3) is 0.391. The minimum absolute atomic E-state index is 0.00359. The fourth-order valence-electron chi connectivity index (χ4n) is 4.66. The molecule has 0 radical (unpaired) electrons. The molecule has 4 atom stereocenters. The van der Waals surface area contributed by atoms with Crippen LogP contribution >= 0.6 is 0 Å². The van der Waals surface area contributed by atoms with Crippen LogP contribution in [0, 0.1) is 11.8 Å². The number of hydrogen-bond acceptors (Lipinski definition) is 5. The van der Waals surface area contributed by atoms with E-state index in [2.05, 4.69) is 10.6 Å². The van der Waals surface area contributed by atoms with Crippen LogP contribution < -0.4 is 20.9 Å². The Bertz CT molecular complexity index is 1030. The van der Waals surface area contributed by atoms with Gasteiger partial charge in [-0.1, -0.05) is 24.3 Å². The number of pyridine rings is 1. The molecule has 1 aromatic heterocycles. The molecule has 4 rings (SSSR count). The number of methoxy groups -OCH3 is 1. The zero-order chi connectivity index (χ0) is 21.3. The number of nitrogens with zero attached hydrogens (tertiary/aromatic N) is 1. The molecule has 2 aliphatic rings. The van der Waals surface area contributed by atoms with Crippen LogP contribution in [0.15, 0.2) is 47.3 Å². The quantitative estimate of drug-likeness (QED) is 0.672. The summed E-state index contributed by atoms with van der Waals surface area (Å²) in [4.78, 5) is 25.6. The minimum Gasteiger partial charge on any atom is -0.497 e. The third kappa shape index (κ3) is 3.55. The summed E-state index contributed by atoms with van der Waals surface area (Å²) in [6.07, 6.45) is 3.65. The Morgan fingerprint density at radius 2 is 2.20 bits per heavy atom. The van der Waals surface area contributed by atoms with Crippen molar-refractivity contribution in [1.29, 1.82) is 0 Å². The van der Waals surface area contributed by atoms with Gasteiger partial charge in [0.25, 0.3) is 5.56 Å². The van der Waals surface area contributed by atoms with Crippen LogP contribution in [0.3, 0.4) is 0 Å². The molecule has 0 bridgehead atoms. The lowest BCUT2D eigenvalue weighted by molar-refractivity contribution is -0.124. The third-order valence-corrected chi connectivity index (χ3v) is 6.16. The minimum atomic E-state index is -0.505. The molecule has 2 aliphatic heterocycles. The number of fused-ring (bicyclic) bond motifs is 3. The van der Waals surface area contributed by atoms with Gasteiger partial charge < -0.3 is 19.7 Å². The number of carbonyl (C=O) groups is 1. The van der Waals surface area contributed by atoms with Crippen molar-refractivity contribution in [2.75, 3.05) is 13.7 Å². The maximum absolute atomic E-state index is 12.9. The molecule has 0 unspecified atom stereocenters. The van der Waals surface area contributed by atoms with Gasteiger partial charge in [-0.25, -0.2) is 0 Å². The Kier molecular flexibility index (Phi) is 5.74. The standard InChI is InChI=1S/C23H27N3O4/c1-3-5-15-8-9-19-20-17(12-26(19)23(15)29)18(13-27)21(25-20)22(28)24-11-14-6-4-7-16(10-14)30-2/h3-10,17-18,20-21,25,27H,11-13H2,1-2H3,(H,24,28)/b5-3+/t17-,18-,20+,21-/m1/s1. The monoisotopic (exact) mass is 409 g/mol. The summed E-state index contributed by atoms with van der Waals surface area (Å²) in [5.41, 5.74) is 2.43. The number of hydrogen-bond donors (Lipinski definition) is 3. The number of nitrogens with one attached hydrogen (secondary N) is 2. The van der Waals surface area contributed by atoms with E-state index in [4.69, 9.17) is 4.74 Å². The van der Waals surface area contributed by atoms with E-state index in [1.165, 1.54) is 0 Å². The van der Waals surface area contributed by atoms with Gasteiger partial charge in [-0.3, -0.25) is 14.9 Å². The van der Waals surface area contributed by atoms with Crippen molar-refractivity contribution in [1.82, 2.24) is 15.2 Å². The summed E-state index contributed by atoms with van der Waals surface area (Å²) in [5.74, 6) is 0.328. The molecular weight excluding hydrogens is 382 g/mol. The van der Waals surface area contributed by atoms with Crippen molar-refractivity contribution in [2.45, 2.75) is 32.1 Å². The molecule has 1 fully saturated rings. The van der Waals surface area contributed by atoms with Crippen LogP contribution in [0.1, 0.15) is 29.8 Å². The largest absolute Gasteiger partial charge is 0.497 e. The van der Waals surface area contributed by atoms with Crippen molar-refractivity contribution >= 4 is 12.0 Å². The van der Waals surface area contributed by atoms with E-state index < -0.39 is 6.04 Å². The zero-order valence-corrected chi connectivity index (χ0v) is 17.2. The molecule has 7 heteroatoms. The lowest BCUT2D eigenvalue weighted by Gasteiger charge is -2.21. The highest BCUT2D eigenvalue weighted by atomic mass is 16.5. The Hall–Kier alpha value is -2.90. The molecule has 1 saturated heterocycles. The number of carbonyl (C=O) groups excluding carboxylic acids is 1. The number of aliphatic hydroxyl groups is 1. The number of amides is 1. The van der Waals surface area contributed by atoms with Gasteiger partial charge in [0.05, 0.1) is 19.2 Å². The van der Waals surface area contributed by atoms with Gasteiger partial charge >= 0.3 is 0 Å². The van der Waals surface area contributed by atoms with Crippen LogP contribution in [0.4, 0.5) is 0 Å². The van der Waals surface area contributed by atoms with Crippen molar-refractivity contribution in [3.8, 4) is 5.75 Å². The van der Waals surface area contributed by atoms with E-state index in [1.54, 1.807) is 17.8 Å². The summed E-state index contributed by atoms with van der Waals surface area (Å²) in [6.45, 7) is 2.65. The maximum atomic E-state index is 12.9. The van der Waals surface area contributed by atoms with E-state index >= 15 is 0 Å². The van der Waals surface area contributed by atoms with Crippen LogP contribution in [0.2, 0.25) is 0 Å². The number of ether oxygens (including phenoxy) is 1. The first-order valence-electron chi connectivity index (χ1n) is 10.2. The molecule has 7 nitrogen and oxygen atoms in total. The first-order chi connectivity index (χ1) is 14.6. The lowest BCUT2D eigenvalue weighted by Crippen LogP contribution is -2.46. The lowest BCUT2D eigenvalue weighted by atomic mass is 9.88. The number of benzene rings is 1. The SMILES string of the molecule is C/C=C/c1ccc2n(c1=O)C[C@@H]1[C@@H](CO)[C@H](C(=O)NCc3cccc(OC)c3)N[C@H]21. The molecular formula is C23H27N3O4. The Balaban J connectivity index is 1.50. The van der Waals surface area contributed by atoms with E-state index in [-0.39, 0.29) is 36.0 Å². The summed E-state index contributed by atoms with van der Waals surface area (Å²) in [7, 11) is 1.61. The molecule has 0 saturated carbocycles. The van der Waals surface area contributed by atoms with Crippen LogP contribution in [-0.4, -0.2) is 35.3 Å². The Morgan fingerprint density at radius 3 is 2.93 bits per heavy atom. The van der Waals surface area contributed by atoms with Gasteiger partial charge in [0.2, 0.25) is 5.91 Å². The molecule has 30 heavy (non-hydrogen) atoms. The normalized spacial score (nSPS) is 24.6. The van der Waals surface area contributed by atoms with Gasteiger partial charge in [0.1, 0.15) is 5.75 Å². The Morgan fingerprint density at radius 1 is 1.37 bits per heavy atom. The van der Waals surface area contributed by atoms with Crippen molar-refractivity contribution < 1.29 is 14.6 Å². The van der Waals surface area contributed by atoms with Crippen molar-refractivity contribution in [3.63, 3.8) is 0 Å². The van der Waals surface area contributed by atoms with E-state index in [9.17, 15) is 14.7 Å². The number of aromatic nitrogens is 1. The first kappa shape index (κ1) is 20.4. The summed E-state index contributed by atoms with van der Waals surface area (Å²) in [5, 5.41) is 16.4. The van der Waals surface area contributed by atoms with Gasteiger partial charge in [-0.05, 0) is 36.8 Å². The highest BCUT2D eigenvalue weighted by Crippen LogP contribution is 2.42. The summed E-state index contributed by atoms with van der Waals surface area (Å²) in [6, 6.07) is 10.7. The molecule has 0 spiro atoms. The van der Waals surface area contributed by atoms with Gasteiger partial charge in [0.15, 0.2) is 0 Å². The first-order valence-corrected chi connectivity index (χ1v) is 10.2. The van der Waals surface area contributed by atoms with Gasteiger partial charge in [0, 0.05) is 42.8 Å². The van der Waals surface area contributed by atoms with E-state index in [0.717, 1.165) is 17.0 Å². The second-order valence-electron chi connectivity index (χ2n) is 7.83. The molecule has 1 amide bonds. The molecule has 3 heterocycles. The molecule has 1 aromatic carbocycles. The summed E-state index contributed by atoms with van der Waals surface area (Å²) >= 11 is 0. The molecule has 158 valence electrons. The zero-order valence-electron chi connectivity index (χ0n) is 17.2. The highest BCUT2D eigenvalue weighted by molar-refractivity contribution is 5.82. The number of aliphatic hydroxyl groups excluding tert-OH is 1. The molecule has 2 aromatic rings. The predicted molar refractivity (Wildman–Crippen MR) is 114 cm³/mol. The van der Waals surface area contributed by atoms with Gasteiger partial charge in [-0.2, -0.15) is 0 Å². The van der Waals surface area contributed by atoms with E-state index in [0.29, 0.717) is 18.7 Å². The second-order valence-corrected chi connectivity index (χ2v) is 7.83. The average Bonchev–Trinajstić information content (AvgIpc) is 3.30. The van der Waals surface area contributed by atoms with Crippen LogP contribution in [0.5, 0.6) is 5.75 Å². The average molecular weight is 409 g/mol. The highest BCUT2D eigenvalue weighted by Gasteiger charge is 2.50. The summed E-state index contributed by atoms with van der Waals surface area (Å²) < 4.78 is 6.99. The smallest absolute Gasteiger partial charge is 0.258 e. The van der Waals surface area contributed by atoms with Crippen molar-refractivity contribution in [3.05, 3.63) is 69.6 Å². The van der Waals surface area contributed by atoms with E-state index in [1.807, 2.05) is 49.4 Å². The molecule has 0 aliphatic carbocycles. The van der Waals surface area contributed by atoms with Crippen LogP contribution in [0.25, 0.3) is 6.08 Å². The topological polar surface area (TPSA) is 92.6 Å². The fourth-order valence-corrected chi connectivity index (χ4v) is 4.66.